The maximum atomic E-state index is 12.9. The number of carbonyl (C=O) groups is 1. The first-order valence-corrected chi connectivity index (χ1v) is 10.7. The third kappa shape index (κ3) is 5.05. The van der Waals surface area contributed by atoms with E-state index in [0.29, 0.717) is 5.56 Å². The Labute approximate surface area is 151 Å². The lowest BCUT2D eigenvalue weighted by Gasteiger charge is -2.30. The Morgan fingerprint density at radius 2 is 1.96 bits per heavy atom. The highest BCUT2D eigenvalue weighted by atomic mass is 32.2. The molecule has 1 aromatic rings. The molecule has 0 bridgehead atoms. The molecule has 0 radical (unpaired) electrons. The fourth-order valence-electron chi connectivity index (χ4n) is 3.42. The summed E-state index contributed by atoms with van der Waals surface area (Å²) in [5, 5.41) is 2.92. The Morgan fingerprint density at radius 3 is 2.60 bits per heavy atom. The highest BCUT2D eigenvalue weighted by molar-refractivity contribution is 7.89. The molecule has 1 amide bonds. The maximum Gasteiger partial charge on any atom is 0.251 e. The zero-order valence-corrected chi connectivity index (χ0v) is 16.3. The molecule has 1 saturated carbocycles. The minimum atomic E-state index is -3.58. The normalized spacial score (nSPS) is 17.4. The summed E-state index contributed by atoms with van der Waals surface area (Å²) >= 11 is 0. The van der Waals surface area contributed by atoms with Crippen LogP contribution in [0.4, 0.5) is 0 Å². The lowest BCUT2D eigenvalue weighted by atomic mass is 9.96. The summed E-state index contributed by atoms with van der Waals surface area (Å²) in [7, 11) is -1.93. The van der Waals surface area contributed by atoms with E-state index >= 15 is 0 Å². The number of carbonyl (C=O) groups excluding carboxylic acids is 1. The molecule has 0 aliphatic heterocycles. The molecule has 6 heteroatoms. The van der Waals surface area contributed by atoms with E-state index in [2.05, 4.69) is 12.2 Å². The van der Waals surface area contributed by atoms with Crippen molar-refractivity contribution in [3.8, 4) is 0 Å². The molecule has 1 aliphatic carbocycles. The first-order chi connectivity index (χ1) is 11.9. The van der Waals surface area contributed by atoms with Crippen LogP contribution in [0.1, 0.15) is 69.2 Å². The van der Waals surface area contributed by atoms with Gasteiger partial charge in [-0.05, 0) is 44.4 Å². The minimum Gasteiger partial charge on any atom is -0.350 e. The van der Waals surface area contributed by atoms with Gasteiger partial charge in [0.1, 0.15) is 0 Å². The number of sulfonamides is 1. The summed E-state index contributed by atoms with van der Waals surface area (Å²) in [4.78, 5) is 12.6. The number of amides is 1. The number of nitrogens with zero attached hydrogens (tertiary/aromatic N) is 1. The minimum absolute atomic E-state index is 0.0563. The summed E-state index contributed by atoms with van der Waals surface area (Å²) in [6, 6.07) is 6.49. The van der Waals surface area contributed by atoms with E-state index < -0.39 is 10.0 Å². The smallest absolute Gasteiger partial charge is 0.251 e. The van der Waals surface area contributed by atoms with Crippen molar-refractivity contribution in [3.05, 3.63) is 29.8 Å². The zero-order chi connectivity index (χ0) is 18.4. The summed E-state index contributed by atoms with van der Waals surface area (Å²) in [5.41, 5.74) is 0.390. The fourth-order valence-corrected chi connectivity index (χ4v) is 4.88. The van der Waals surface area contributed by atoms with Crippen LogP contribution in [0, 0.1) is 0 Å². The molecule has 25 heavy (non-hydrogen) atoms. The van der Waals surface area contributed by atoms with Crippen LogP contribution >= 0.6 is 0 Å². The lowest BCUT2D eigenvalue weighted by molar-refractivity contribution is 0.0938. The van der Waals surface area contributed by atoms with Gasteiger partial charge in [0.15, 0.2) is 0 Å². The van der Waals surface area contributed by atoms with Crippen LogP contribution in [-0.2, 0) is 10.0 Å². The summed E-state index contributed by atoms with van der Waals surface area (Å²) in [6.07, 6.45) is 7.02. The second-order valence-electron chi connectivity index (χ2n) is 7.00. The van der Waals surface area contributed by atoms with Crippen LogP contribution < -0.4 is 5.32 Å². The van der Waals surface area contributed by atoms with Crippen LogP contribution in [0.15, 0.2) is 29.2 Å². The molecular formula is C19H30N2O3S. The molecule has 0 saturated heterocycles. The molecule has 0 heterocycles. The van der Waals surface area contributed by atoms with Crippen LogP contribution in [0.25, 0.3) is 0 Å². The zero-order valence-electron chi connectivity index (χ0n) is 15.5. The standard InChI is InChI=1S/C19H30N2O3S/c1-4-9-15(2)20-19(22)16-10-8-13-18(14-16)25(23,24)21(3)17-11-6-5-7-12-17/h8,10,13-15,17H,4-7,9,11-12H2,1-3H3,(H,20,22). The second kappa shape index (κ2) is 8.81. The Balaban J connectivity index is 2.17. The Hall–Kier alpha value is -1.40. The molecule has 0 aromatic heterocycles. The number of benzene rings is 1. The van der Waals surface area contributed by atoms with Gasteiger partial charge in [-0.2, -0.15) is 4.31 Å². The molecule has 1 aromatic carbocycles. The topological polar surface area (TPSA) is 66.5 Å². The van der Waals surface area contributed by atoms with E-state index in [1.165, 1.54) is 16.8 Å². The van der Waals surface area contributed by atoms with Crippen molar-refractivity contribution in [3.63, 3.8) is 0 Å². The first-order valence-electron chi connectivity index (χ1n) is 9.25. The lowest BCUT2D eigenvalue weighted by Crippen LogP contribution is -2.38. The summed E-state index contributed by atoms with van der Waals surface area (Å²) in [6.45, 7) is 4.02. The van der Waals surface area contributed by atoms with E-state index in [1.807, 2.05) is 6.92 Å². The van der Waals surface area contributed by atoms with Crippen LogP contribution in [0.3, 0.4) is 0 Å². The highest BCUT2D eigenvalue weighted by Gasteiger charge is 2.29. The van der Waals surface area contributed by atoms with Gasteiger partial charge in [-0.1, -0.05) is 38.7 Å². The van der Waals surface area contributed by atoms with Crippen molar-refractivity contribution >= 4 is 15.9 Å². The van der Waals surface area contributed by atoms with Crippen molar-refractivity contribution in [2.24, 2.45) is 0 Å². The van der Waals surface area contributed by atoms with Gasteiger partial charge in [-0.15, -0.1) is 0 Å². The molecule has 2 rings (SSSR count). The van der Waals surface area contributed by atoms with Gasteiger partial charge in [-0.25, -0.2) is 8.42 Å². The van der Waals surface area contributed by atoms with Crippen LogP contribution in [-0.4, -0.2) is 37.8 Å². The molecule has 140 valence electrons. The SMILES string of the molecule is CCCC(C)NC(=O)c1cccc(S(=O)(=O)N(C)C2CCCCC2)c1. The highest BCUT2D eigenvalue weighted by Crippen LogP contribution is 2.26. The number of rotatable bonds is 7. The van der Waals surface area contributed by atoms with Crippen LogP contribution in [0.5, 0.6) is 0 Å². The monoisotopic (exact) mass is 366 g/mol. The van der Waals surface area contributed by atoms with Gasteiger partial charge < -0.3 is 5.32 Å². The van der Waals surface area contributed by atoms with Gasteiger partial charge in [0.05, 0.1) is 4.90 Å². The number of hydrogen-bond donors (Lipinski definition) is 1. The molecular weight excluding hydrogens is 336 g/mol. The van der Waals surface area contributed by atoms with E-state index in [1.54, 1.807) is 25.2 Å². The second-order valence-corrected chi connectivity index (χ2v) is 9.00. The molecule has 1 aliphatic rings. The molecule has 5 nitrogen and oxygen atoms in total. The molecule has 1 fully saturated rings. The van der Waals surface area contributed by atoms with Crippen molar-refractivity contribution in [2.45, 2.75) is 75.8 Å². The summed E-state index contributed by atoms with van der Waals surface area (Å²) in [5.74, 6) is -0.224. The van der Waals surface area contributed by atoms with E-state index in [-0.39, 0.29) is 22.9 Å². The van der Waals surface area contributed by atoms with Crippen molar-refractivity contribution < 1.29 is 13.2 Å². The van der Waals surface area contributed by atoms with Gasteiger partial charge >= 0.3 is 0 Å². The van der Waals surface area contributed by atoms with Gasteiger partial charge in [0, 0.05) is 24.7 Å². The molecule has 1 atom stereocenters. The van der Waals surface area contributed by atoms with E-state index in [4.69, 9.17) is 0 Å². The van der Waals surface area contributed by atoms with Crippen molar-refractivity contribution in [1.82, 2.24) is 9.62 Å². The predicted octanol–water partition coefficient (Wildman–Crippen LogP) is 3.56. The average Bonchev–Trinajstić information content (AvgIpc) is 2.62. The molecule has 0 spiro atoms. The van der Waals surface area contributed by atoms with Crippen molar-refractivity contribution in [1.29, 1.82) is 0 Å². The third-order valence-electron chi connectivity index (χ3n) is 4.96. The van der Waals surface area contributed by atoms with Gasteiger partial charge in [-0.3, -0.25) is 4.79 Å². The van der Waals surface area contributed by atoms with Crippen LogP contribution in [0.2, 0.25) is 0 Å². The quantitative estimate of drug-likeness (QED) is 0.802. The number of hydrogen-bond acceptors (Lipinski definition) is 3. The maximum absolute atomic E-state index is 12.9. The third-order valence-corrected chi connectivity index (χ3v) is 6.87. The predicted molar refractivity (Wildman–Crippen MR) is 100 cm³/mol. The molecule has 1 N–H and O–H groups in total. The van der Waals surface area contributed by atoms with E-state index in [9.17, 15) is 13.2 Å². The largest absolute Gasteiger partial charge is 0.350 e. The Bertz CT molecular complexity index is 682. The first kappa shape index (κ1) is 19.9. The molecule has 1 unspecified atom stereocenters. The number of nitrogens with one attached hydrogen (secondary N) is 1. The Morgan fingerprint density at radius 1 is 1.28 bits per heavy atom. The van der Waals surface area contributed by atoms with Crippen molar-refractivity contribution in [2.75, 3.05) is 7.05 Å². The summed E-state index contributed by atoms with van der Waals surface area (Å²) < 4.78 is 27.3. The van der Waals surface area contributed by atoms with E-state index in [0.717, 1.165) is 38.5 Å². The Kier molecular flexibility index (Phi) is 7.02. The van der Waals surface area contributed by atoms with Gasteiger partial charge in [0.25, 0.3) is 5.91 Å². The van der Waals surface area contributed by atoms with Gasteiger partial charge in [0.2, 0.25) is 10.0 Å². The average molecular weight is 367 g/mol. The fraction of sp³-hybridized carbons (Fsp3) is 0.632.